The number of methoxy groups -OCH3 is 1. The van der Waals surface area contributed by atoms with Crippen molar-refractivity contribution in [1.29, 1.82) is 0 Å². The van der Waals surface area contributed by atoms with E-state index in [1.807, 2.05) is 0 Å². The van der Waals surface area contributed by atoms with E-state index in [2.05, 4.69) is 0 Å². The first-order chi connectivity index (χ1) is 10.3. The van der Waals surface area contributed by atoms with Gasteiger partial charge in [0.25, 0.3) is 5.69 Å². The Labute approximate surface area is 126 Å². The van der Waals surface area contributed by atoms with Crippen molar-refractivity contribution in [3.8, 4) is 5.75 Å². The number of aliphatic carboxylic acids is 1. The zero-order valence-electron chi connectivity index (χ0n) is 12.5. The number of non-ortho nitro benzene ring substituents is 1. The number of benzene rings is 1. The van der Waals surface area contributed by atoms with E-state index in [1.54, 1.807) is 18.5 Å². The van der Waals surface area contributed by atoms with E-state index >= 15 is 0 Å². The maximum absolute atomic E-state index is 11.3. The predicted molar refractivity (Wildman–Crippen MR) is 80.2 cm³/mol. The average Bonchev–Trinajstić information content (AvgIpc) is 2.71. The van der Waals surface area contributed by atoms with E-state index in [0.29, 0.717) is 22.2 Å². The number of nitrogens with two attached hydrogens (primary N) is 1. The minimum absolute atomic E-state index is 0.0588. The Morgan fingerprint density at radius 1 is 1.55 bits per heavy atom. The second kappa shape index (κ2) is 5.64. The molecule has 0 aliphatic carbocycles. The fourth-order valence-corrected chi connectivity index (χ4v) is 2.62. The van der Waals surface area contributed by atoms with E-state index in [0.717, 1.165) is 5.69 Å². The molecule has 0 spiro atoms. The molecule has 0 radical (unpaired) electrons. The van der Waals surface area contributed by atoms with Crippen molar-refractivity contribution >= 4 is 22.6 Å². The zero-order valence-corrected chi connectivity index (χ0v) is 12.5. The molecule has 0 aliphatic heterocycles. The third kappa shape index (κ3) is 2.37. The topological polar surface area (TPSA) is 121 Å². The number of carboxylic acid groups (broad SMARTS) is 1. The minimum atomic E-state index is -1.12. The van der Waals surface area contributed by atoms with Gasteiger partial charge in [-0.1, -0.05) is 0 Å². The number of hydrogen-bond donors (Lipinski definition) is 2. The summed E-state index contributed by atoms with van der Waals surface area (Å²) in [6.07, 6.45) is 0.0655. The van der Waals surface area contributed by atoms with Crippen LogP contribution in [-0.4, -0.2) is 33.7 Å². The van der Waals surface area contributed by atoms with Gasteiger partial charge in [-0.05, 0) is 18.6 Å². The Morgan fingerprint density at radius 3 is 2.68 bits per heavy atom. The number of nitrogens with zero attached hydrogens (tertiary/aromatic N) is 2. The fourth-order valence-electron chi connectivity index (χ4n) is 2.62. The summed E-state index contributed by atoms with van der Waals surface area (Å²) in [4.78, 5) is 21.8. The van der Waals surface area contributed by atoms with Gasteiger partial charge in [0.15, 0.2) is 0 Å². The van der Waals surface area contributed by atoms with Gasteiger partial charge in [-0.3, -0.25) is 14.9 Å². The Kier molecular flexibility index (Phi) is 4.05. The third-order valence-electron chi connectivity index (χ3n) is 3.85. The van der Waals surface area contributed by atoms with E-state index < -0.39 is 16.9 Å². The molecule has 0 bridgehead atoms. The third-order valence-corrected chi connectivity index (χ3v) is 3.85. The highest BCUT2D eigenvalue weighted by Crippen LogP contribution is 2.38. The highest BCUT2D eigenvalue weighted by molar-refractivity contribution is 5.97. The van der Waals surface area contributed by atoms with E-state index in [1.165, 1.54) is 19.2 Å². The summed E-state index contributed by atoms with van der Waals surface area (Å²) in [5.74, 6) is -0.669. The SMILES string of the molecule is COc1ccc([N+](=O)[O-])c2c1c(CC(N)C(=O)O)c(C)n2C. The second-order valence-electron chi connectivity index (χ2n) is 5.04. The van der Waals surface area contributed by atoms with Crippen LogP contribution in [0.1, 0.15) is 11.3 Å². The quantitative estimate of drug-likeness (QED) is 0.635. The molecule has 3 N–H and O–H groups in total. The molecule has 0 fully saturated rings. The van der Waals surface area contributed by atoms with Crippen LogP contribution in [0.4, 0.5) is 5.69 Å². The highest BCUT2D eigenvalue weighted by Gasteiger charge is 2.26. The minimum Gasteiger partial charge on any atom is -0.496 e. The lowest BCUT2D eigenvalue weighted by Gasteiger charge is -2.09. The van der Waals surface area contributed by atoms with E-state index in [4.69, 9.17) is 15.6 Å². The first kappa shape index (κ1) is 15.8. The number of aromatic nitrogens is 1. The normalized spacial score (nSPS) is 12.4. The monoisotopic (exact) mass is 307 g/mol. The van der Waals surface area contributed by atoms with Crippen LogP contribution in [0.3, 0.4) is 0 Å². The molecule has 1 atom stereocenters. The van der Waals surface area contributed by atoms with Crippen molar-refractivity contribution in [2.75, 3.05) is 7.11 Å². The largest absolute Gasteiger partial charge is 0.496 e. The predicted octanol–water partition coefficient (Wildman–Crippen LogP) is 1.36. The van der Waals surface area contributed by atoms with Gasteiger partial charge >= 0.3 is 5.97 Å². The van der Waals surface area contributed by atoms with Gasteiger partial charge in [0, 0.05) is 25.2 Å². The van der Waals surface area contributed by atoms with Crippen LogP contribution in [0.5, 0.6) is 5.75 Å². The Bertz CT molecular complexity index is 766. The number of carbonyl (C=O) groups is 1. The lowest BCUT2D eigenvalue weighted by atomic mass is 10.0. The molecule has 0 saturated carbocycles. The Morgan fingerprint density at radius 2 is 2.18 bits per heavy atom. The first-order valence-electron chi connectivity index (χ1n) is 6.57. The zero-order chi connectivity index (χ0) is 16.6. The van der Waals surface area contributed by atoms with Gasteiger partial charge in [-0.2, -0.15) is 0 Å². The maximum atomic E-state index is 11.3. The van der Waals surface area contributed by atoms with Crippen molar-refractivity contribution in [3.63, 3.8) is 0 Å². The maximum Gasteiger partial charge on any atom is 0.320 e. The van der Waals surface area contributed by atoms with Gasteiger partial charge in [0.1, 0.15) is 17.3 Å². The number of hydrogen-bond acceptors (Lipinski definition) is 5. The van der Waals surface area contributed by atoms with Crippen molar-refractivity contribution < 1.29 is 19.6 Å². The molecule has 2 aromatic rings. The van der Waals surface area contributed by atoms with Gasteiger partial charge < -0.3 is 20.1 Å². The number of fused-ring (bicyclic) bond motifs is 1. The molecule has 2 rings (SSSR count). The number of aryl methyl sites for hydroxylation is 1. The van der Waals surface area contributed by atoms with Crippen LogP contribution in [-0.2, 0) is 18.3 Å². The van der Waals surface area contributed by atoms with Gasteiger partial charge in [0.05, 0.1) is 17.4 Å². The van der Waals surface area contributed by atoms with Crippen LogP contribution in [0, 0.1) is 17.0 Å². The average molecular weight is 307 g/mol. The van der Waals surface area contributed by atoms with Gasteiger partial charge in [-0.15, -0.1) is 0 Å². The molecule has 0 saturated heterocycles. The molecule has 22 heavy (non-hydrogen) atoms. The molecule has 8 heteroatoms. The summed E-state index contributed by atoms with van der Waals surface area (Å²) in [7, 11) is 3.16. The molecule has 8 nitrogen and oxygen atoms in total. The fraction of sp³-hybridized carbons (Fsp3) is 0.357. The number of nitro groups is 1. The highest BCUT2D eigenvalue weighted by atomic mass is 16.6. The molecular formula is C14H17N3O5. The Balaban J connectivity index is 2.81. The number of nitro benzene ring substituents is 1. The second-order valence-corrected chi connectivity index (χ2v) is 5.04. The number of ether oxygens (including phenoxy) is 1. The molecule has 1 aromatic carbocycles. The van der Waals surface area contributed by atoms with Crippen molar-refractivity contribution in [3.05, 3.63) is 33.5 Å². The molecule has 1 aromatic heterocycles. The molecule has 0 aliphatic rings. The van der Waals surface area contributed by atoms with Gasteiger partial charge in [0.2, 0.25) is 0 Å². The van der Waals surface area contributed by atoms with Crippen LogP contribution in [0.25, 0.3) is 10.9 Å². The summed E-state index contributed by atoms with van der Waals surface area (Å²) in [5, 5.41) is 20.8. The summed E-state index contributed by atoms with van der Waals surface area (Å²) in [5.41, 5.74) is 7.33. The number of carboxylic acids is 1. The summed E-state index contributed by atoms with van der Waals surface area (Å²) >= 11 is 0. The first-order valence-corrected chi connectivity index (χ1v) is 6.57. The Hall–Kier alpha value is -2.61. The van der Waals surface area contributed by atoms with Crippen LogP contribution < -0.4 is 10.5 Å². The number of rotatable bonds is 5. The summed E-state index contributed by atoms with van der Waals surface area (Å²) < 4.78 is 6.96. The van der Waals surface area contributed by atoms with E-state index in [-0.39, 0.29) is 12.1 Å². The molecular weight excluding hydrogens is 290 g/mol. The summed E-state index contributed by atoms with van der Waals surface area (Å²) in [6.45, 7) is 1.77. The molecule has 118 valence electrons. The van der Waals surface area contributed by atoms with Crippen LogP contribution >= 0.6 is 0 Å². The van der Waals surface area contributed by atoms with E-state index in [9.17, 15) is 14.9 Å². The van der Waals surface area contributed by atoms with Crippen LogP contribution in [0.15, 0.2) is 12.1 Å². The molecule has 1 heterocycles. The summed E-state index contributed by atoms with van der Waals surface area (Å²) in [6, 6.07) is 1.80. The lowest BCUT2D eigenvalue weighted by Crippen LogP contribution is -2.32. The van der Waals surface area contributed by atoms with Crippen molar-refractivity contribution in [2.24, 2.45) is 12.8 Å². The smallest absolute Gasteiger partial charge is 0.320 e. The van der Waals surface area contributed by atoms with Crippen LogP contribution in [0.2, 0.25) is 0 Å². The molecule has 0 amide bonds. The molecule has 1 unspecified atom stereocenters. The standard InChI is InChI=1S/C14H17N3O5/c1-7-8(6-9(15)14(18)19)12-11(22-3)5-4-10(17(20)21)13(12)16(7)2/h4-5,9H,6,15H2,1-3H3,(H,18,19). The van der Waals surface area contributed by atoms with Gasteiger partial charge in [-0.25, -0.2) is 0 Å². The van der Waals surface area contributed by atoms with Crippen molar-refractivity contribution in [1.82, 2.24) is 4.57 Å². The lowest BCUT2D eigenvalue weighted by molar-refractivity contribution is -0.383. The van der Waals surface area contributed by atoms with Crippen molar-refractivity contribution in [2.45, 2.75) is 19.4 Å².